The van der Waals surface area contributed by atoms with Gasteiger partial charge >= 0.3 is 0 Å². The first-order chi connectivity index (χ1) is 11.7. The van der Waals surface area contributed by atoms with Gasteiger partial charge in [0.05, 0.1) is 13.2 Å². The van der Waals surface area contributed by atoms with Crippen molar-refractivity contribution in [2.24, 2.45) is 0 Å². The molecule has 2 aromatic rings. The normalized spacial score (nSPS) is 20.7. The monoisotopic (exact) mass is 328 g/mol. The number of nitrogens with one attached hydrogen (secondary N) is 1. The molecule has 4 heteroatoms. The zero-order valence-electron chi connectivity index (χ0n) is 13.7. The van der Waals surface area contributed by atoms with Gasteiger partial charge in [0.25, 0.3) is 0 Å². The minimum atomic E-state index is -0.309. The Morgan fingerprint density at radius 2 is 1.88 bits per heavy atom. The number of morpholine rings is 1. The molecule has 0 amide bonds. The summed E-state index contributed by atoms with van der Waals surface area (Å²) in [5.41, 5.74) is 1.81. The van der Waals surface area contributed by atoms with Crippen LogP contribution in [0.5, 0.6) is 0 Å². The summed E-state index contributed by atoms with van der Waals surface area (Å²) >= 11 is 0. The number of halogens is 1. The first-order valence-corrected chi connectivity index (χ1v) is 8.51. The molecule has 1 unspecified atom stereocenters. The third kappa shape index (κ3) is 4.49. The van der Waals surface area contributed by atoms with Crippen LogP contribution in [0.1, 0.15) is 34.9 Å². The van der Waals surface area contributed by atoms with Crippen LogP contribution in [-0.2, 0) is 4.74 Å². The molecule has 1 saturated heterocycles. The summed E-state index contributed by atoms with van der Waals surface area (Å²) in [7, 11) is 0. The van der Waals surface area contributed by atoms with Gasteiger partial charge in [-0.05, 0) is 29.8 Å². The van der Waals surface area contributed by atoms with Crippen molar-refractivity contribution in [1.82, 2.24) is 0 Å². The maximum Gasteiger partial charge on any atom is 0.163 e. The van der Waals surface area contributed by atoms with E-state index in [1.807, 2.05) is 18.2 Å². The van der Waals surface area contributed by atoms with E-state index in [0.29, 0.717) is 12.0 Å². The van der Waals surface area contributed by atoms with Crippen LogP contribution in [0, 0.1) is 5.82 Å². The summed E-state index contributed by atoms with van der Waals surface area (Å²) in [5, 5.41) is 0. The molecule has 3 rings (SSSR count). The lowest BCUT2D eigenvalue weighted by atomic mass is 10.1. The van der Waals surface area contributed by atoms with E-state index in [-0.39, 0.29) is 17.7 Å². The van der Waals surface area contributed by atoms with Crippen LogP contribution in [0.2, 0.25) is 0 Å². The summed E-state index contributed by atoms with van der Waals surface area (Å²) in [5.74, 6) is -0.224. The molecular weight excluding hydrogens is 305 g/mol. The van der Waals surface area contributed by atoms with Gasteiger partial charge in [0.15, 0.2) is 5.78 Å². The van der Waals surface area contributed by atoms with Gasteiger partial charge in [-0.25, -0.2) is 4.39 Å². The van der Waals surface area contributed by atoms with Gasteiger partial charge < -0.3 is 9.64 Å². The number of benzene rings is 2. The van der Waals surface area contributed by atoms with Crippen LogP contribution < -0.4 is 4.90 Å². The lowest BCUT2D eigenvalue weighted by Crippen LogP contribution is -3.14. The standard InChI is InChI=1S/C20H22FNO2/c21-18-10-8-16(9-11-18)19(23)7-4-12-22-13-14-24-20(15-22)17-5-2-1-3-6-17/h1-3,5-6,8-11,20H,4,7,12-15H2/p+1/t20-/m0/s1. The summed E-state index contributed by atoms with van der Waals surface area (Å²) in [4.78, 5) is 13.6. The summed E-state index contributed by atoms with van der Waals surface area (Å²) in [6.07, 6.45) is 1.49. The van der Waals surface area contributed by atoms with Crippen molar-refractivity contribution in [3.63, 3.8) is 0 Å². The van der Waals surface area contributed by atoms with Gasteiger partial charge in [0, 0.05) is 18.4 Å². The maximum atomic E-state index is 12.9. The van der Waals surface area contributed by atoms with Gasteiger partial charge in [0.1, 0.15) is 25.0 Å². The molecule has 0 spiro atoms. The van der Waals surface area contributed by atoms with Crippen molar-refractivity contribution in [2.75, 3.05) is 26.2 Å². The van der Waals surface area contributed by atoms with Crippen molar-refractivity contribution in [3.05, 3.63) is 71.5 Å². The van der Waals surface area contributed by atoms with Crippen molar-refractivity contribution >= 4 is 5.78 Å². The average molecular weight is 328 g/mol. The Kier molecular flexibility index (Phi) is 5.72. The second-order valence-electron chi connectivity index (χ2n) is 6.26. The lowest BCUT2D eigenvalue weighted by Gasteiger charge is -2.30. The largest absolute Gasteiger partial charge is 0.362 e. The van der Waals surface area contributed by atoms with Crippen LogP contribution in [0.3, 0.4) is 0 Å². The highest BCUT2D eigenvalue weighted by atomic mass is 19.1. The van der Waals surface area contributed by atoms with Gasteiger partial charge in [-0.2, -0.15) is 0 Å². The lowest BCUT2D eigenvalue weighted by molar-refractivity contribution is -0.912. The molecule has 24 heavy (non-hydrogen) atoms. The highest BCUT2D eigenvalue weighted by molar-refractivity contribution is 5.95. The van der Waals surface area contributed by atoms with Crippen molar-refractivity contribution in [3.8, 4) is 0 Å². The van der Waals surface area contributed by atoms with Gasteiger partial charge in [0.2, 0.25) is 0 Å². The molecule has 1 aliphatic rings. The Balaban J connectivity index is 1.46. The Hall–Kier alpha value is -2.04. The van der Waals surface area contributed by atoms with Crippen molar-refractivity contribution in [1.29, 1.82) is 0 Å². The number of quaternary nitrogens is 1. The third-order valence-corrected chi connectivity index (χ3v) is 4.52. The van der Waals surface area contributed by atoms with Crippen LogP contribution in [0.25, 0.3) is 0 Å². The van der Waals surface area contributed by atoms with Crippen LogP contribution in [0.4, 0.5) is 4.39 Å². The second kappa shape index (κ2) is 8.18. The molecule has 2 atom stereocenters. The summed E-state index contributed by atoms with van der Waals surface area (Å²) in [6, 6.07) is 16.1. The molecule has 1 fully saturated rings. The molecule has 1 heterocycles. The highest BCUT2D eigenvalue weighted by Gasteiger charge is 2.24. The minimum absolute atomic E-state index is 0.0854. The maximum absolute atomic E-state index is 12.9. The molecule has 0 aromatic heterocycles. The quantitative estimate of drug-likeness (QED) is 0.826. The summed E-state index contributed by atoms with van der Waals surface area (Å²) in [6.45, 7) is 3.63. The molecule has 126 valence electrons. The first-order valence-electron chi connectivity index (χ1n) is 8.51. The Morgan fingerprint density at radius 3 is 2.62 bits per heavy atom. The van der Waals surface area contributed by atoms with E-state index in [4.69, 9.17) is 4.74 Å². The molecular formula is C20H23FNO2+. The topological polar surface area (TPSA) is 30.7 Å². The van der Waals surface area contributed by atoms with Crippen LogP contribution in [-0.4, -0.2) is 32.0 Å². The number of hydrogen-bond acceptors (Lipinski definition) is 2. The van der Waals surface area contributed by atoms with E-state index in [0.717, 1.165) is 32.7 Å². The molecule has 0 aliphatic carbocycles. The fourth-order valence-electron chi connectivity index (χ4n) is 3.16. The zero-order valence-corrected chi connectivity index (χ0v) is 13.7. The summed E-state index contributed by atoms with van der Waals surface area (Å²) < 4.78 is 18.8. The molecule has 1 N–H and O–H groups in total. The fraction of sp³-hybridized carbons (Fsp3) is 0.350. The SMILES string of the molecule is O=C(CCC[NH+]1CCO[C@H](c2ccccc2)C1)c1ccc(F)cc1. The highest BCUT2D eigenvalue weighted by Crippen LogP contribution is 2.16. The number of rotatable bonds is 6. The average Bonchev–Trinajstić information content (AvgIpc) is 2.63. The van der Waals surface area contributed by atoms with E-state index in [2.05, 4.69) is 12.1 Å². The van der Waals surface area contributed by atoms with E-state index >= 15 is 0 Å². The van der Waals surface area contributed by atoms with Crippen LogP contribution >= 0.6 is 0 Å². The van der Waals surface area contributed by atoms with E-state index < -0.39 is 0 Å². The van der Waals surface area contributed by atoms with Crippen molar-refractivity contribution < 1.29 is 18.8 Å². The van der Waals surface area contributed by atoms with E-state index in [9.17, 15) is 9.18 Å². The molecule has 3 nitrogen and oxygen atoms in total. The molecule has 2 aromatic carbocycles. The molecule has 0 saturated carbocycles. The number of ketones is 1. The number of carbonyl (C=O) groups excluding carboxylic acids is 1. The number of ether oxygens (including phenoxy) is 1. The number of Topliss-reactive ketones (excluding diaryl/α,β-unsaturated/α-hetero) is 1. The van der Waals surface area contributed by atoms with Gasteiger partial charge in [-0.3, -0.25) is 4.79 Å². The second-order valence-corrected chi connectivity index (χ2v) is 6.26. The number of hydrogen-bond donors (Lipinski definition) is 1. The molecule has 0 radical (unpaired) electrons. The molecule has 0 bridgehead atoms. The predicted molar refractivity (Wildman–Crippen MR) is 90.7 cm³/mol. The van der Waals surface area contributed by atoms with Gasteiger partial charge in [-0.1, -0.05) is 30.3 Å². The Labute approximate surface area is 142 Å². The first kappa shape index (κ1) is 16.8. The Bertz CT molecular complexity index is 657. The Morgan fingerprint density at radius 1 is 1.12 bits per heavy atom. The van der Waals surface area contributed by atoms with E-state index in [1.165, 1.54) is 22.6 Å². The van der Waals surface area contributed by atoms with Crippen LogP contribution in [0.15, 0.2) is 54.6 Å². The van der Waals surface area contributed by atoms with Crippen molar-refractivity contribution in [2.45, 2.75) is 18.9 Å². The minimum Gasteiger partial charge on any atom is -0.362 e. The molecule has 1 aliphatic heterocycles. The smallest absolute Gasteiger partial charge is 0.163 e. The fourth-order valence-corrected chi connectivity index (χ4v) is 3.16. The number of carbonyl (C=O) groups is 1. The van der Waals surface area contributed by atoms with Gasteiger partial charge in [-0.15, -0.1) is 0 Å². The third-order valence-electron chi connectivity index (χ3n) is 4.52. The predicted octanol–water partition coefficient (Wildman–Crippen LogP) is 2.45. The zero-order chi connectivity index (χ0) is 16.8. The van der Waals surface area contributed by atoms with E-state index in [1.54, 1.807) is 12.1 Å².